The molecule has 0 spiro atoms. The van der Waals surface area contributed by atoms with Crippen molar-refractivity contribution in [1.82, 2.24) is 5.32 Å². The van der Waals surface area contributed by atoms with Crippen molar-refractivity contribution >= 4 is 23.5 Å². The van der Waals surface area contributed by atoms with Crippen LogP contribution in [-0.4, -0.2) is 25.6 Å². The molecule has 5 heteroatoms. The second kappa shape index (κ2) is 10.8. The Balaban J connectivity index is 1.73. The molecule has 0 radical (unpaired) electrons. The largest absolute Gasteiger partial charge is 0.496 e. The van der Waals surface area contributed by atoms with Crippen LogP contribution in [0.4, 0.5) is 0 Å². The van der Waals surface area contributed by atoms with Crippen molar-refractivity contribution in [2.24, 2.45) is 0 Å². The number of methoxy groups -OCH3 is 1. The van der Waals surface area contributed by atoms with Gasteiger partial charge in [0, 0.05) is 5.56 Å². The highest BCUT2D eigenvalue weighted by molar-refractivity contribution is 6.22. The smallest absolute Gasteiger partial charge is 0.339 e. The molecule has 31 heavy (non-hydrogen) atoms. The van der Waals surface area contributed by atoms with Gasteiger partial charge in [-0.2, -0.15) is 0 Å². The van der Waals surface area contributed by atoms with Crippen LogP contribution in [0.5, 0.6) is 5.75 Å². The van der Waals surface area contributed by atoms with Crippen LogP contribution in [0.25, 0.3) is 11.6 Å². The average molecular weight is 415 g/mol. The van der Waals surface area contributed by atoms with Crippen molar-refractivity contribution in [1.29, 1.82) is 0 Å². The molecular formula is C26H25NO4. The number of nitrogens with one attached hydrogen (secondary N) is 1. The predicted molar refractivity (Wildman–Crippen MR) is 121 cm³/mol. The Hall–Kier alpha value is -3.86. The molecule has 0 aromatic heterocycles. The first kappa shape index (κ1) is 21.8. The summed E-state index contributed by atoms with van der Waals surface area (Å²) < 4.78 is 10.7. The zero-order valence-corrected chi connectivity index (χ0v) is 17.6. The monoisotopic (exact) mass is 415 g/mol. The zero-order chi connectivity index (χ0) is 22.1. The van der Waals surface area contributed by atoms with Gasteiger partial charge in [0.25, 0.3) is 5.91 Å². The lowest BCUT2D eigenvalue weighted by molar-refractivity contribution is -0.143. The fourth-order valence-corrected chi connectivity index (χ4v) is 3.14. The van der Waals surface area contributed by atoms with E-state index in [-0.39, 0.29) is 18.6 Å². The highest BCUT2D eigenvalue weighted by atomic mass is 16.5. The van der Waals surface area contributed by atoms with E-state index in [2.05, 4.69) is 5.32 Å². The van der Waals surface area contributed by atoms with Gasteiger partial charge < -0.3 is 14.8 Å². The van der Waals surface area contributed by atoms with Gasteiger partial charge in [0.15, 0.2) is 6.61 Å². The van der Waals surface area contributed by atoms with Gasteiger partial charge in [-0.05, 0) is 30.2 Å². The van der Waals surface area contributed by atoms with Crippen molar-refractivity contribution in [2.45, 2.75) is 13.0 Å². The van der Waals surface area contributed by atoms with Crippen LogP contribution in [-0.2, 0) is 14.3 Å². The number of esters is 1. The molecular weight excluding hydrogens is 390 g/mol. The Labute approximate surface area is 182 Å². The predicted octanol–water partition coefficient (Wildman–Crippen LogP) is 4.66. The van der Waals surface area contributed by atoms with Gasteiger partial charge in [0.2, 0.25) is 0 Å². The molecule has 0 aliphatic carbocycles. The first-order valence-corrected chi connectivity index (χ1v) is 10.00. The molecule has 158 valence electrons. The summed E-state index contributed by atoms with van der Waals surface area (Å²) in [6.07, 6.45) is 1.71. The van der Waals surface area contributed by atoms with Crippen LogP contribution in [0.3, 0.4) is 0 Å². The first-order valence-electron chi connectivity index (χ1n) is 10.00. The van der Waals surface area contributed by atoms with Crippen LogP contribution < -0.4 is 10.1 Å². The van der Waals surface area contributed by atoms with Gasteiger partial charge in [-0.15, -0.1) is 0 Å². The standard InChI is InChI=1S/C26H25NO4/c1-19(20-11-5-3-6-12-20)27-25(28)18-31-26(29)23(21-13-7-4-8-14-21)17-22-15-9-10-16-24(22)30-2/h3-17,19H,18H2,1-2H3,(H,27,28)/b23-17+. The van der Waals surface area contributed by atoms with E-state index in [9.17, 15) is 9.59 Å². The molecule has 0 bridgehead atoms. The fraction of sp³-hybridized carbons (Fsp3) is 0.154. The van der Waals surface area contributed by atoms with E-state index in [1.165, 1.54) is 0 Å². The van der Waals surface area contributed by atoms with E-state index in [4.69, 9.17) is 9.47 Å². The third-order valence-corrected chi connectivity index (χ3v) is 4.75. The highest BCUT2D eigenvalue weighted by Gasteiger charge is 2.17. The maximum atomic E-state index is 12.9. The number of para-hydroxylation sites is 1. The highest BCUT2D eigenvalue weighted by Crippen LogP contribution is 2.25. The van der Waals surface area contributed by atoms with Crippen molar-refractivity contribution in [2.75, 3.05) is 13.7 Å². The molecule has 3 aromatic carbocycles. The molecule has 1 atom stereocenters. The number of carbonyl (C=O) groups excluding carboxylic acids is 2. The summed E-state index contributed by atoms with van der Waals surface area (Å²) in [4.78, 5) is 25.2. The topological polar surface area (TPSA) is 64.6 Å². The van der Waals surface area contributed by atoms with Gasteiger partial charge in [-0.25, -0.2) is 4.79 Å². The van der Waals surface area contributed by atoms with Crippen molar-refractivity contribution in [3.63, 3.8) is 0 Å². The third-order valence-electron chi connectivity index (χ3n) is 4.75. The van der Waals surface area contributed by atoms with Crippen LogP contribution >= 0.6 is 0 Å². The maximum absolute atomic E-state index is 12.9. The summed E-state index contributed by atoms with van der Waals surface area (Å²) in [5.74, 6) is -0.313. The summed E-state index contributed by atoms with van der Waals surface area (Å²) in [5.41, 5.74) is 2.75. The fourth-order valence-electron chi connectivity index (χ4n) is 3.14. The van der Waals surface area contributed by atoms with Gasteiger partial charge in [-0.1, -0.05) is 78.9 Å². The Morgan fingerprint density at radius 1 is 0.903 bits per heavy atom. The molecule has 0 heterocycles. The molecule has 3 aromatic rings. The average Bonchev–Trinajstić information content (AvgIpc) is 2.82. The summed E-state index contributed by atoms with van der Waals surface area (Å²) >= 11 is 0. The normalized spacial score (nSPS) is 12.0. The number of ether oxygens (including phenoxy) is 2. The van der Waals surface area contributed by atoms with Crippen LogP contribution in [0.1, 0.15) is 29.7 Å². The Kier molecular flexibility index (Phi) is 7.60. The quantitative estimate of drug-likeness (QED) is 0.330. The van der Waals surface area contributed by atoms with E-state index in [1.807, 2.05) is 91.9 Å². The summed E-state index contributed by atoms with van der Waals surface area (Å²) in [7, 11) is 1.57. The van der Waals surface area contributed by atoms with E-state index in [1.54, 1.807) is 13.2 Å². The molecule has 0 fully saturated rings. The second-order valence-electron chi connectivity index (χ2n) is 6.94. The van der Waals surface area contributed by atoms with E-state index in [0.29, 0.717) is 16.9 Å². The molecule has 0 aliphatic rings. The number of amides is 1. The molecule has 1 amide bonds. The number of rotatable bonds is 8. The molecule has 0 saturated heterocycles. The van der Waals surface area contributed by atoms with E-state index >= 15 is 0 Å². The van der Waals surface area contributed by atoms with Gasteiger partial charge in [-0.3, -0.25) is 4.79 Å². The van der Waals surface area contributed by atoms with Crippen molar-refractivity contribution in [3.8, 4) is 5.75 Å². The molecule has 1 unspecified atom stereocenters. The number of hydrogen-bond donors (Lipinski definition) is 1. The Bertz CT molecular complexity index is 1050. The molecule has 0 aliphatic heterocycles. The van der Waals surface area contributed by atoms with Crippen LogP contribution in [0.15, 0.2) is 84.9 Å². The Morgan fingerprint density at radius 3 is 2.19 bits per heavy atom. The number of hydrogen-bond acceptors (Lipinski definition) is 4. The van der Waals surface area contributed by atoms with Gasteiger partial charge in [0.05, 0.1) is 18.7 Å². The lowest BCUT2D eigenvalue weighted by Gasteiger charge is -2.15. The SMILES string of the molecule is COc1ccccc1/C=C(/C(=O)OCC(=O)NC(C)c1ccccc1)c1ccccc1. The number of carbonyl (C=O) groups is 2. The minimum absolute atomic E-state index is 0.190. The van der Waals surface area contributed by atoms with Gasteiger partial charge in [0.1, 0.15) is 5.75 Å². The first-order chi connectivity index (χ1) is 15.1. The molecule has 5 nitrogen and oxygen atoms in total. The van der Waals surface area contributed by atoms with E-state index < -0.39 is 5.97 Å². The lowest BCUT2D eigenvalue weighted by atomic mass is 10.0. The summed E-state index contributed by atoms with van der Waals surface area (Å²) in [5, 5.41) is 2.84. The maximum Gasteiger partial charge on any atom is 0.339 e. The Morgan fingerprint density at radius 2 is 1.52 bits per heavy atom. The van der Waals surface area contributed by atoms with Crippen LogP contribution in [0.2, 0.25) is 0 Å². The third kappa shape index (κ3) is 6.06. The van der Waals surface area contributed by atoms with Crippen molar-refractivity contribution in [3.05, 3.63) is 102 Å². The summed E-state index contributed by atoms with van der Waals surface area (Å²) in [6, 6.07) is 26.0. The minimum atomic E-state index is -0.584. The van der Waals surface area contributed by atoms with Gasteiger partial charge >= 0.3 is 5.97 Å². The summed E-state index contributed by atoms with van der Waals surface area (Å²) in [6.45, 7) is 1.51. The minimum Gasteiger partial charge on any atom is -0.496 e. The lowest BCUT2D eigenvalue weighted by Crippen LogP contribution is -2.31. The van der Waals surface area contributed by atoms with Crippen molar-refractivity contribution < 1.29 is 19.1 Å². The molecule has 0 saturated carbocycles. The zero-order valence-electron chi connectivity index (χ0n) is 17.6. The molecule has 3 rings (SSSR count). The van der Waals surface area contributed by atoms with E-state index in [0.717, 1.165) is 11.1 Å². The van der Waals surface area contributed by atoms with Crippen LogP contribution in [0, 0.1) is 0 Å². The number of benzene rings is 3. The molecule has 1 N–H and O–H groups in total. The second-order valence-corrected chi connectivity index (χ2v) is 6.94.